The normalized spacial score (nSPS) is 45.0. The van der Waals surface area contributed by atoms with Gasteiger partial charge in [-0.3, -0.25) is 4.79 Å². The topological polar surface area (TPSA) is 37.3 Å². The van der Waals surface area contributed by atoms with Gasteiger partial charge in [-0.1, -0.05) is 11.6 Å². The Morgan fingerprint density at radius 1 is 1.13 bits per heavy atom. The van der Waals surface area contributed by atoms with Gasteiger partial charge in [0.25, 0.3) is 0 Å². The van der Waals surface area contributed by atoms with E-state index in [1.54, 1.807) is 5.57 Å². The number of hydrogen-bond acceptors (Lipinski definition) is 2. The lowest BCUT2D eigenvalue weighted by Crippen LogP contribution is -2.49. The Hall–Kier alpha value is -1.15. The van der Waals surface area contributed by atoms with Crippen LogP contribution in [0.3, 0.4) is 0 Å². The summed E-state index contributed by atoms with van der Waals surface area (Å²) >= 11 is 0. The second-order valence-electron chi connectivity index (χ2n) is 8.54. The van der Waals surface area contributed by atoms with E-state index in [2.05, 4.69) is 13.0 Å². The van der Waals surface area contributed by atoms with Gasteiger partial charge in [0, 0.05) is 11.8 Å². The Kier molecular flexibility index (Phi) is 2.77. The molecule has 1 spiro atoms. The van der Waals surface area contributed by atoms with Crippen LogP contribution in [0.2, 0.25) is 0 Å². The van der Waals surface area contributed by atoms with Crippen LogP contribution in [-0.2, 0) is 4.79 Å². The maximum atomic E-state index is 11.7. The van der Waals surface area contributed by atoms with E-state index in [0.29, 0.717) is 24.0 Å². The largest absolute Gasteiger partial charge is 0.385 e. The zero-order chi connectivity index (χ0) is 15.8. The fourth-order valence-corrected chi connectivity index (χ4v) is 6.89. The maximum Gasteiger partial charge on any atom is 0.156 e. The molecule has 0 aliphatic heterocycles. The Balaban J connectivity index is 1.57. The van der Waals surface area contributed by atoms with E-state index in [1.165, 1.54) is 29.6 Å². The van der Waals surface area contributed by atoms with Crippen molar-refractivity contribution in [1.29, 1.82) is 0 Å². The fraction of sp³-hybridized carbons (Fsp3) is 0.667. The highest BCUT2D eigenvalue weighted by atomic mass is 16.3. The average Bonchev–Trinajstić information content (AvgIpc) is 2.98. The van der Waals surface area contributed by atoms with E-state index in [9.17, 15) is 9.90 Å². The van der Waals surface area contributed by atoms with Gasteiger partial charge in [0.15, 0.2) is 5.78 Å². The summed E-state index contributed by atoms with van der Waals surface area (Å²) in [5, 5.41) is 11.4. The van der Waals surface area contributed by atoms with Crippen molar-refractivity contribution in [2.24, 2.45) is 17.3 Å². The molecular formula is C21H26O2. The van der Waals surface area contributed by atoms with Gasteiger partial charge in [-0.15, -0.1) is 0 Å². The first-order valence-corrected chi connectivity index (χ1v) is 9.40. The monoisotopic (exact) mass is 310 g/mol. The van der Waals surface area contributed by atoms with E-state index in [1.807, 2.05) is 6.08 Å². The number of carbonyl (C=O) groups excluding carboxylic acids is 1. The molecule has 0 saturated heterocycles. The van der Waals surface area contributed by atoms with Gasteiger partial charge in [0.1, 0.15) is 0 Å². The van der Waals surface area contributed by atoms with Crippen LogP contribution in [0.1, 0.15) is 64.7 Å². The minimum atomic E-state index is -0.521. The van der Waals surface area contributed by atoms with Gasteiger partial charge in [-0.05, 0) is 92.9 Å². The van der Waals surface area contributed by atoms with Crippen LogP contribution >= 0.6 is 0 Å². The third-order valence-corrected chi connectivity index (χ3v) is 8.01. The number of fused-ring (bicyclic) bond motifs is 3. The molecule has 0 bridgehead atoms. The number of rotatable bonds is 0. The molecule has 3 unspecified atom stereocenters. The second-order valence-corrected chi connectivity index (χ2v) is 8.54. The fourth-order valence-electron chi connectivity index (χ4n) is 6.89. The van der Waals surface area contributed by atoms with E-state index in [0.717, 1.165) is 38.5 Å². The highest BCUT2D eigenvalue weighted by Crippen LogP contribution is 2.68. The first-order chi connectivity index (χ1) is 11.1. The number of allylic oxidation sites excluding steroid dienone is 5. The highest BCUT2D eigenvalue weighted by molar-refractivity contribution is 5.93. The molecular weight excluding hydrogens is 284 g/mol. The Bertz CT molecular complexity index is 695. The van der Waals surface area contributed by atoms with Crippen LogP contribution in [0.4, 0.5) is 0 Å². The summed E-state index contributed by atoms with van der Waals surface area (Å²) in [5.41, 5.74) is 5.38. The number of carbonyl (C=O) groups is 1. The average molecular weight is 310 g/mol. The summed E-state index contributed by atoms with van der Waals surface area (Å²) in [6.45, 7) is 2.14. The minimum absolute atomic E-state index is 0.123. The first-order valence-electron chi connectivity index (χ1n) is 9.40. The Morgan fingerprint density at radius 2 is 2.00 bits per heavy atom. The molecule has 2 fully saturated rings. The molecule has 23 heavy (non-hydrogen) atoms. The van der Waals surface area contributed by atoms with Gasteiger partial charge in [0.2, 0.25) is 0 Å². The lowest BCUT2D eigenvalue weighted by Gasteiger charge is -2.51. The quantitative estimate of drug-likeness (QED) is 0.679. The van der Waals surface area contributed by atoms with Gasteiger partial charge >= 0.3 is 0 Å². The van der Waals surface area contributed by atoms with Crippen molar-refractivity contribution in [1.82, 2.24) is 0 Å². The van der Waals surface area contributed by atoms with Gasteiger partial charge in [-0.25, -0.2) is 0 Å². The summed E-state index contributed by atoms with van der Waals surface area (Å²) in [6, 6.07) is 0. The molecule has 1 N–H and O–H groups in total. The molecule has 5 aliphatic carbocycles. The molecule has 0 amide bonds. The maximum absolute atomic E-state index is 11.7. The van der Waals surface area contributed by atoms with Crippen molar-refractivity contribution < 1.29 is 9.90 Å². The third-order valence-electron chi connectivity index (χ3n) is 8.01. The smallest absolute Gasteiger partial charge is 0.156 e. The predicted molar refractivity (Wildman–Crippen MR) is 89.8 cm³/mol. The summed E-state index contributed by atoms with van der Waals surface area (Å²) < 4.78 is 0. The summed E-state index contributed by atoms with van der Waals surface area (Å²) in [6.07, 6.45) is 13.7. The molecule has 2 saturated carbocycles. The van der Waals surface area contributed by atoms with Gasteiger partial charge < -0.3 is 5.11 Å². The molecule has 0 aromatic carbocycles. The second kappa shape index (κ2) is 4.47. The van der Waals surface area contributed by atoms with Crippen molar-refractivity contribution in [3.8, 4) is 0 Å². The molecule has 0 aromatic rings. The van der Waals surface area contributed by atoms with Crippen molar-refractivity contribution in [2.45, 2.75) is 70.3 Å². The van der Waals surface area contributed by atoms with E-state index in [4.69, 9.17) is 0 Å². The lowest BCUT2D eigenvalue weighted by molar-refractivity contribution is -0.114. The van der Waals surface area contributed by atoms with Crippen LogP contribution in [0.5, 0.6) is 0 Å². The van der Waals surface area contributed by atoms with Crippen LogP contribution in [0.15, 0.2) is 34.4 Å². The summed E-state index contributed by atoms with van der Waals surface area (Å²) in [7, 11) is 0. The Morgan fingerprint density at radius 3 is 2.87 bits per heavy atom. The minimum Gasteiger partial charge on any atom is -0.385 e. The van der Waals surface area contributed by atoms with Crippen molar-refractivity contribution in [3.05, 3.63) is 34.4 Å². The van der Waals surface area contributed by atoms with E-state index < -0.39 is 5.60 Å². The third kappa shape index (κ3) is 1.61. The molecule has 4 atom stereocenters. The predicted octanol–water partition coefficient (Wildman–Crippen LogP) is 4.25. The molecule has 0 heterocycles. The van der Waals surface area contributed by atoms with Crippen molar-refractivity contribution in [2.75, 3.05) is 0 Å². The summed E-state index contributed by atoms with van der Waals surface area (Å²) in [5.74, 6) is 1.63. The van der Waals surface area contributed by atoms with Gasteiger partial charge in [-0.2, -0.15) is 0 Å². The highest BCUT2D eigenvalue weighted by Gasteiger charge is 2.65. The van der Waals surface area contributed by atoms with E-state index >= 15 is 0 Å². The number of hydrogen-bond donors (Lipinski definition) is 1. The number of ketones is 1. The van der Waals surface area contributed by atoms with Crippen molar-refractivity contribution >= 4 is 5.78 Å². The summed E-state index contributed by atoms with van der Waals surface area (Å²) in [4.78, 5) is 11.7. The lowest BCUT2D eigenvalue weighted by atomic mass is 9.54. The zero-order valence-electron chi connectivity index (χ0n) is 14.0. The molecule has 5 aliphatic rings. The van der Waals surface area contributed by atoms with Gasteiger partial charge in [0.05, 0.1) is 5.60 Å². The SMILES string of the molecule is CC1=CCC23CCC4=C5CCC(=O)C=C5CCC4C2CC[C@]13O. The zero-order valence-corrected chi connectivity index (χ0v) is 14.0. The van der Waals surface area contributed by atoms with Crippen LogP contribution in [0, 0.1) is 17.3 Å². The van der Waals surface area contributed by atoms with Crippen LogP contribution < -0.4 is 0 Å². The Labute approximate surface area is 138 Å². The molecule has 0 radical (unpaired) electrons. The van der Waals surface area contributed by atoms with Crippen LogP contribution in [-0.4, -0.2) is 16.5 Å². The van der Waals surface area contributed by atoms with Crippen molar-refractivity contribution in [3.63, 3.8) is 0 Å². The molecule has 2 nitrogen and oxygen atoms in total. The van der Waals surface area contributed by atoms with Crippen LogP contribution in [0.25, 0.3) is 0 Å². The first kappa shape index (κ1) is 14.2. The molecule has 5 rings (SSSR count). The molecule has 0 aromatic heterocycles. The standard InChI is InChI=1S/C21H26O2/c1-13-6-9-20-10-7-17-16-5-3-15(22)12-14(16)2-4-18(17)19(20)8-11-21(13,20)23/h6,12,18-19,23H,2-5,7-11H2,1H3/t18?,19?,20?,21-/m0/s1. The van der Waals surface area contributed by atoms with E-state index in [-0.39, 0.29) is 5.41 Å². The molecule has 2 heteroatoms. The molecule has 122 valence electrons. The number of aliphatic hydroxyl groups is 1.